The Morgan fingerprint density at radius 1 is 1.46 bits per heavy atom. The number of allylic oxidation sites excluding steroid dienone is 3. The Balaban J connectivity index is 3.05. The Morgan fingerprint density at radius 3 is 2.69 bits per heavy atom. The number of rotatable bonds is 1. The van der Waals surface area contributed by atoms with Gasteiger partial charge in [-0.2, -0.15) is 0 Å². The third-order valence-corrected chi connectivity index (χ3v) is 1.83. The van der Waals surface area contributed by atoms with Gasteiger partial charge in [-0.1, -0.05) is 18.7 Å². The zero-order chi connectivity index (χ0) is 9.84. The Labute approximate surface area is 76.8 Å². The molecule has 1 aliphatic heterocycles. The van der Waals surface area contributed by atoms with Gasteiger partial charge < -0.3 is 0 Å². The largest absolute Gasteiger partial charge is 0.292 e. The molecule has 0 radical (unpaired) electrons. The van der Waals surface area contributed by atoms with Crippen molar-refractivity contribution in [3.63, 3.8) is 0 Å². The fourth-order valence-electron chi connectivity index (χ4n) is 1.21. The molecule has 13 heavy (non-hydrogen) atoms. The van der Waals surface area contributed by atoms with E-state index in [0.717, 1.165) is 5.57 Å². The van der Waals surface area contributed by atoms with E-state index in [1.54, 1.807) is 19.1 Å². The molecule has 0 aliphatic carbocycles. The highest BCUT2D eigenvalue weighted by molar-refractivity contribution is 6.11. The monoisotopic (exact) mass is 177 g/mol. The second kappa shape index (κ2) is 3.85. The second-order valence-corrected chi connectivity index (χ2v) is 2.68. The first-order valence-corrected chi connectivity index (χ1v) is 4.01. The van der Waals surface area contributed by atoms with Crippen molar-refractivity contribution in [2.75, 3.05) is 0 Å². The first-order valence-electron chi connectivity index (χ1n) is 4.01. The number of hydrogen-bond acceptors (Lipinski definition) is 2. The minimum atomic E-state index is -0.343. The molecule has 0 aromatic heterocycles. The summed E-state index contributed by atoms with van der Waals surface area (Å²) in [5, 5.41) is 2.24. The van der Waals surface area contributed by atoms with E-state index >= 15 is 0 Å². The van der Waals surface area contributed by atoms with E-state index in [2.05, 4.69) is 11.9 Å². The van der Waals surface area contributed by atoms with Crippen molar-refractivity contribution in [1.82, 2.24) is 5.32 Å². The minimum Gasteiger partial charge on any atom is -0.292 e. The van der Waals surface area contributed by atoms with Crippen LogP contribution in [0.2, 0.25) is 0 Å². The molecule has 0 spiro atoms. The van der Waals surface area contributed by atoms with Gasteiger partial charge in [-0.25, -0.2) is 0 Å². The van der Waals surface area contributed by atoms with Crippen LogP contribution in [0.15, 0.2) is 36.0 Å². The standard InChI is InChI=1S/C10H11NO2/c1-3-5-8-7(4-2)6-9(12)11-10(8)13/h3-5H,1,6H2,2H3,(H,11,12,13)/b7-4-,8-5+. The van der Waals surface area contributed by atoms with Crippen LogP contribution in [-0.4, -0.2) is 11.8 Å². The molecule has 0 bridgehead atoms. The van der Waals surface area contributed by atoms with Crippen molar-refractivity contribution >= 4 is 11.8 Å². The predicted octanol–water partition coefficient (Wildman–Crippen LogP) is 1.09. The summed E-state index contributed by atoms with van der Waals surface area (Å²) in [4.78, 5) is 22.2. The smallest absolute Gasteiger partial charge is 0.258 e. The van der Waals surface area contributed by atoms with Crippen LogP contribution in [-0.2, 0) is 9.59 Å². The quantitative estimate of drug-likeness (QED) is 0.481. The van der Waals surface area contributed by atoms with Gasteiger partial charge in [-0.3, -0.25) is 14.9 Å². The topological polar surface area (TPSA) is 46.2 Å². The van der Waals surface area contributed by atoms with Gasteiger partial charge in [-0.05, 0) is 18.6 Å². The molecule has 1 N–H and O–H groups in total. The van der Waals surface area contributed by atoms with Crippen LogP contribution < -0.4 is 5.32 Å². The van der Waals surface area contributed by atoms with E-state index in [4.69, 9.17) is 0 Å². The van der Waals surface area contributed by atoms with Gasteiger partial charge in [0.1, 0.15) is 0 Å². The number of hydrogen-bond donors (Lipinski definition) is 1. The van der Waals surface area contributed by atoms with E-state index in [1.807, 2.05) is 0 Å². The van der Waals surface area contributed by atoms with Gasteiger partial charge in [0.05, 0.1) is 6.42 Å². The van der Waals surface area contributed by atoms with Crippen LogP contribution in [0.1, 0.15) is 13.3 Å². The average Bonchev–Trinajstić information content (AvgIpc) is 2.09. The number of imide groups is 1. The molecule has 1 rings (SSSR count). The summed E-state index contributed by atoms with van der Waals surface area (Å²) >= 11 is 0. The van der Waals surface area contributed by atoms with Crippen molar-refractivity contribution in [2.24, 2.45) is 0 Å². The summed E-state index contributed by atoms with van der Waals surface area (Å²) in [6, 6.07) is 0. The molecule has 1 saturated heterocycles. The highest BCUT2D eigenvalue weighted by Crippen LogP contribution is 2.18. The van der Waals surface area contributed by atoms with Crippen LogP contribution in [0, 0.1) is 0 Å². The van der Waals surface area contributed by atoms with Crippen molar-refractivity contribution in [2.45, 2.75) is 13.3 Å². The fourth-order valence-corrected chi connectivity index (χ4v) is 1.21. The SMILES string of the molecule is C=C/C=C1/C(=O)NC(=O)C/C1=C/C. The van der Waals surface area contributed by atoms with Crippen LogP contribution in [0.3, 0.4) is 0 Å². The first-order chi connectivity index (χ1) is 6.19. The molecule has 1 fully saturated rings. The summed E-state index contributed by atoms with van der Waals surface area (Å²) in [5.41, 5.74) is 1.28. The first kappa shape index (κ1) is 9.45. The molecule has 1 heterocycles. The lowest BCUT2D eigenvalue weighted by atomic mass is 9.97. The zero-order valence-electron chi connectivity index (χ0n) is 7.46. The maximum absolute atomic E-state index is 11.3. The molecule has 0 aromatic carbocycles. The summed E-state index contributed by atoms with van der Waals surface area (Å²) in [6.45, 7) is 5.31. The molecule has 3 heteroatoms. The van der Waals surface area contributed by atoms with Crippen molar-refractivity contribution in [3.05, 3.63) is 36.0 Å². The minimum absolute atomic E-state index is 0.251. The zero-order valence-corrected chi connectivity index (χ0v) is 7.46. The summed E-state index contributed by atoms with van der Waals surface area (Å²) in [7, 11) is 0. The lowest BCUT2D eigenvalue weighted by Crippen LogP contribution is -2.37. The number of carbonyl (C=O) groups is 2. The van der Waals surface area contributed by atoms with E-state index in [9.17, 15) is 9.59 Å². The second-order valence-electron chi connectivity index (χ2n) is 2.68. The number of nitrogens with one attached hydrogen (secondary N) is 1. The van der Waals surface area contributed by atoms with Gasteiger partial charge in [0.25, 0.3) is 5.91 Å². The summed E-state index contributed by atoms with van der Waals surface area (Å²) in [6.07, 6.45) is 5.18. The van der Waals surface area contributed by atoms with Gasteiger partial charge in [-0.15, -0.1) is 0 Å². The van der Waals surface area contributed by atoms with Crippen molar-refractivity contribution in [1.29, 1.82) is 0 Å². The molecule has 0 atom stereocenters. The third kappa shape index (κ3) is 1.93. The van der Waals surface area contributed by atoms with E-state index in [1.165, 1.54) is 6.08 Å². The lowest BCUT2D eigenvalue weighted by Gasteiger charge is -2.16. The van der Waals surface area contributed by atoms with Gasteiger partial charge in [0.2, 0.25) is 5.91 Å². The molecule has 1 aliphatic rings. The maximum atomic E-state index is 11.3. The van der Waals surface area contributed by atoms with Crippen LogP contribution in [0.4, 0.5) is 0 Å². The molecular weight excluding hydrogens is 166 g/mol. The fraction of sp³-hybridized carbons (Fsp3) is 0.200. The molecule has 0 saturated carbocycles. The Hall–Kier alpha value is -1.64. The van der Waals surface area contributed by atoms with Crippen LogP contribution >= 0.6 is 0 Å². The molecule has 3 nitrogen and oxygen atoms in total. The molecule has 0 unspecified atom stereocenters. The number of carbonyl (C=O) groups excluding carboxylic acids is 2. The normalized spacial score (nSPS) is 23.5. The highest BCUT2D eigenvalue weighted by atomic mass is 16.2. The Kier molecular flexibility index (Phi) is 2.80. The van der Waals surface area contributed by atoms with Crippen molar-refractivity contribution < 1.29 is 9.59 Å². The molecule has 2 amide bonds. The Morgan fingerprint density at radius 2 is 2.15 bits per heavy atom. The predicted molar refractivity (Wildman–Crippen MR) is 49.8 cm³/mol. The van der Waals surface area contributed by atoms with Gasteiger partial charge >= 0.3 is 0 Å². The lowest BCUT2D eigenvalue weighted by molar-refractivity contribution is -0.129. The van der Waals surface area contributed by atoms with E-state index < -0.39 is 0 Å². The van der Waals surface area contributed by atoms with E-state index in [0.29, 0.717) is 5.57 Å². The van der Waals surface area contributed by atoms with Crippen LogP contribution in [0.5, 0.6) is 0 Å². The molecule has 68 valence electrons. The molecule has 0 aromatic rings. The van der Waals surface area contributed by atoms with Crippen LogP contribution in [0.25, 0.3) is 0 Å². The Bertz CT molecular complexity index is 324. The third-order valence-electron chi connectivity index (χ3n) is 1.83. The van der Waals surface area contributed by atoms with Gasteiger partial charge in [0.15, 0.2) is 0 Å². The van der Waals surface area contributed by atoms with E-state index in [-0.39, 0.29) is 18.2 Å². The van der Waals surface area contributed by atoms with Gasteiger partial charge in [0, 0.05) is 5.57 Å². The maximum Gasteiger partial charge on any atom is 0.258 e. The highest BCUT2D eigenvalue weighted by Gasteiger charge is 2.23. The summed E-state index contributed by atoms with van der Waals surface area (Å²) in [5.74, 6) is -0.594. The summed E-state index contributed by atoms with van der Waals surface area (Å²) < 4.78 is 0. The number of piperidine rings is 1. The number of amides is 2. The average molecular weight is 177 g/mol. The van der Waals surface area contributed by atoms with Crippen molar-refractivity contribution in [3.8, 4) is 0 Å². The molecular formula is C10H11NO2.